The largest absolute Gasteiger partial charge is 0.378 e. The second-order valence-corrected chi connectivity index (χ2v) is 5.95. The van der Waals surface area contributed by atoms with E-state index in [4.69, 9.17) is 4.74 Å². The molecule has 2 atom stereocenters. The normalized spacial score (nSPS) is 19.9. The number of rotatable bonds is 4. The standard InChI is InChI=1S/C15H14N2O2S/c16-9-11(13(18)8-10-4-3-7-19-10)15-17-12-5-1-2-6-14(12)20-15/h1-2,5-6,10-11H,3-4,7-8H2/t10-,11-/m0/s1. The average Bonchev–Trinajstić information content (AvgIpc) is 3.08. The third-order valence-corrected chi connectivity index (χ3v) is 4.56. The first kappa shape index (κ1) is 13.2. The van der Waals surface area contributed by atoms with Gasteiger partial charge in [-0.15, -0.1) is 11.3 Å². The number of para-hydroxylation sites is 1. The van der Waals surface area contributed by atoms with Crippen LogP contribution in [0.15, 0.2) is 24.3 Å². The summed E-state index contributed by atoms with van der Waals surface area (Å²) in [5.41, 5.74) is 0.845. The predicted octanol–water partition coefficient (Wildman–Crippen LogP) is 3.04. The second kappa shape index (κ2) is 5.70. The number of fused-ring (bicyclic) bond motifs is 1. The predicted molar refractivity (Wildman–Crippen MR) is 76.6 cm³/mol. The van der Waals surface area contributed by atoms with Crippen molar-refractivity contribution in [1.29, 1.82) is 5.26 Å². The van der Waals surface area contributed by atoms with Crippen LogP contribution in [0, 0.1) is 11.3 Å². The summed E-state index contributed by atoms with van der Waals surface area (Å²) in [5.74, 6) is -0.852. The highest BCUT2D eigenvalue weighted by Gasteiger charge is 2.28. The van der Waals surface area contributed by atoms with E-state index in [9.17, 15) is 10.1 Å². The number of hydrogen-bond donors (Lipinski definition) is 0. The first-order chi connectivity index (χ1) is 9.78. The first-order valence-corrected chi connectivity index (χ1v) is 7.49. The molecule has 20 heavy (non-hydrogen) atoms. The van der Waals surface area contributed by atoms with Gasteiger partial charge in [0.15, 0.2) is 11.7 Å². The van der Waals surface area contributed by atoms with Gasteiger partial charge in [0, 0.05) is 13.0 Å². The molecule has 3 rings (SSSR count). The van der Waals surface area contributed by atoms with Crippen molar-refractivity contribution < 1.29 is 9.53 Å². The molecule has 102 valence electrons. The summed E-state index contributed by atoms with van der Waals surface area (Å²) in [6.07, 6.45) is 2.20. The number of aromatic nitrogens is 1. The maximum atomic E-state index is 12.3. The van der Waals surface area contributed by atoms with E-state index in [0.717, 1.165) is 29.7 Å². The maximum Gasteiger partial charge on any atom is 0.159 e. The number of ketones is 1. The van der Waals surface area contributed by atoms with Gasteiger partial charge in [-0.3, -0.25) is 4.79 Å². The lowest BCUT2D eigenvalue weighted by Crippen LogP contribution is -2.18. The summed E-state index contributed by atoms with van der Waals surface area (Å²) >= 11 is 1.42. The van der Waals surface area contributed by atoms with Crippen LogP contribution in [0.5, 0.6) is 0 Å². The minimum Gasteiger partial charge on any atom is -0.378 e. The SMILES string of the molecule is N#C[C@@H](C(=O)C[C@@H]1CCCO1)c1nc2ccccc2s1. The van der Waals surface area contributed by atoms with Crippen molar-refractivity contribution in [2.24, 2.45) is 0 Å². The number of benzene rings is 1. The van der Waals surface area contributed by atoms with Gasteiger partial charge in [0.2, 0.25) is 0 Å². The minimum absolute atomic E-state index is 0.0206. The zero-order valence-corrected chi connectivity index (χ0v) is 11.7. The van der Waals surface area contributed by atoms with Crippen molar-refractivity contribution in [2.45, 2.75) is 31.3 Å². The fourth-order valence-corrected chi connectivity index (χ4v) is 3.46. The molecule has 1 aliphatic heterocycles. The van der Waals surface area contributed by atoms with E-state index < -0.39 is 5.92 Å². The molecule has 1 aromatic carbocycles. The van der Waals surface area contributed by atoms with Gasteiger partial charge in [0.25, 0.3) is 0 Å². The molecular weight excluding hydrogens is 272 g/mol. The number of nitriles is 1. The van der Waals surface area contributed by atoms with Crippen LogP contribution in [-0.4, -0.2) is 23.5 Å². The van der Waals surface area contributed by atoms with Crippen molar-refractivity contribution in [3.63, 3.8) is 0 Å². The Morgan fingerprint density at radius 3 is 3.10 bits per heavy atom. The molecule has 0 amide bonds. The molecule has 0 N–H and O–H groups in total. The van der Waals surface area contributed by atoms with Gasteiger partial charge in [-0.2, -0.15) is 5.26 Å². The molecule has 1 aromatic heterocycles. The van der Waals surface area contributed by atoms with E-state index >= 15 is 0 Å². The summed E-state index contributed by atoms with van der Waals surface area (Å²) in [6.45, 7) is 0.719. The fraction of sp³-hybridized carbons (Fsp3) is 0.400. The third-order valence-electron chi connectivity index (χ3n) is 3.46. The van der Waals surface area contributed by atoms with Crippen LogP contribution >= 0.6 is 11.3 Å². The molecule has 0 bridgehead atoms. The number of nitrogens with zero attached hydrogens (tertiary/aromatic N) is 2. The summed E-state index contributed by atoms with van der Waals surface area (Å²) in [6, 6.07) is 9.78. The topological polar surface area (TPSA) is 63.0 Å². The number of thiazole rings is 1. The van der Waals surface area contributed by atoms with E-state index in [1.165, 1.54) is 11.3 Å². The second-order valence-electron chi connectivity index (χ2n) is 4.89. The molecule has 0 radical (unpaired) electrons. The Kier molecular flexibility index (Phi) is 3.77. The Balaban J connectivity index is 1.81. The molecule has 5 heteroatoms. The molecule has 1 aliphatic rings. The highest BCUT2D eigenvalue weighted by atomic mass is 32.1. The molecule has 0 saturated carbocycles. The maximum absolute atomic E-state index is 12.3. The van der Waals surface area contributed by atoms with Gasteiger partial charge in [0.05, 0.1) is 22.4 Å². The molecule has 2 heterocycles. The minimum atomic E-state index is -0.767. The van der Waals surface area contributed by atoms with Gasteiger partial charge in [-0.25, -0.2) is 4.98 Å². The summed E-state index contributed by atoms with van der Waals surface area (Å²) in [7, 11) is 0. The molecule has 2 aromatic rings. The van der Waals surface area contributed by atoms with Crippen LogP contribution in [0.25, 0.3) is 10.2 Å². The van der Waals surface area contributed by atoms with Crippen LogP contribution in [-0.2, 0) is 9.53 Å². The van der Waals surface area contributed by atoms with E-state index in [1.54, 1.807) is 0 Å². The van der Waals surface area contributed by atoms with Crippen molar-refractivity contribution in [1.82, 2.24) is 4.98 Å². The van der Waals surface area contributed by atoms with Crippen molar-refractivity contribution in [3.8, 4) is 6.07 Å². The van der Waals surface area contributed by atoms with Gasteiger partial charge < -0.3 is 4.74 Å². The van der Waals surface area contributed by atoms with Gasteiger partial charge in [-0.05, 0) is 25.0 Å². The van der Waals surface area contributed by atoms with Gasteiger partial charge in [0.1, 0.15) is 5.01 Å². The lowest BCUT2D eigenvalue weighted by Gasteiger charge is -2.10. The van der Waals surface area contributed by atoms with E-state index in [1.807, 2.05) is 24.3 Å². The number of Topliss-reactive ketones (excluding diaryl/α,β-unsaturated/α-hetero) is 1. The van der Waals surface area contributed by atoms with Crippen LogP contribution in [0.3, 0.4) is 0 Å². The van der Waals surface area contributed by atoms with Crippen molar-refractivity contribution in [2.75, 3.05) is 6.61 Å². The Hall–Kier alpha value is -1.77. The number of carbonyl (C=O) groups is 1. The molecule has 4 nitrogen and oxygen atoms in total. The van der Waals surface area contributed by atoms with Crippen LogP contribution in [0.2, 0.25) is 0 Å². The van der Waals surface area contributed by atoms with Crippen LogP contribution in [0.1, 0.15) is 30.2 Å². The fourth-order valence-electron chi connectivity index (χ4n) is 2.43. The quantitative estimate of drug-likeness (QED) is 0.866. The molecule has 0 aliphatic carbocycles. The average molecular weight is 286 g/mol. The Labute approximate surface area is 121 Å². The van der Waals surface area contributed by atoms with Crippen molar-refractivity contribution >= 4 is 27.3 Å². The monoisotopic (exact) mass is 286 g/mol. The molecule has 1 fully saturated rings. The lowest BCUT2D eigenvalue weighted by atomic mass is 10.00. The zero-order chi connectivity index (χ0) is 13.9. The highest BCUT2D eigenvalue weighted by Crippen LogP contribution is 2.29. The Morgan fingerprint density at radius 1 is 1.55 bits per heavy atom. The summed E-state index contributed by atoms with van der Waals surface area (Å²) in [5, 5.41) is 9.90. The third kappa shape index (κ3) is 2.58. The van der Waals surface area contributed by atoms with E-state index in [-0.39, 0.29) is 11.9 Å². The lowest BCUT2D eigenvalue weighted by molar-refractivity contribution is -0.121. The smallest absolute Gasteiger partial charge is 0.159 e. The Bertz CT molecular complexity index is 635. The van der Waals surface area contributed by atoms with Crippen LogP contribution < -0.4 is 0 Å². The Morgan fingerprint density at radius 2 is 2.40 bits per heavy atom. The molecule has 1 saturated heterocycles. The van der Waals surface area contributed by atoms with Gasteiger partial charge >= 0.3 is 0 Å². The summed E-state index contributed by atoms with van der Waals surface area (Å²) in [4.78, 5) is 16.7. The molecule has 0 unspecified atom stereocenters. The molecule has 0 spiro atoms. The highest BCUT2D eigenvalue weighted by molar-refractivity contribution is 7.18. The van der Waals surface area contributed by atoms with E-state index in [0.29, 0.717) is 11.4 Å². The number of hydrogen-bond acceptors (Lipinski definition) is 5. The summed E-state index contributed by atoms with van der Waals surface area (Å²) < 4.78 is 6.47. The van der Waals surface area contributed by atoms with Gasteiger partial charge in [-0.1, -0.05) is 12.1 Å². The molecular formula is C15H14N2O2S. The number of ether oxygens (including phenoxy) is 1. The van der Waals surface area contributed by atoms with Crippen LogP contribution in [0.4, 0.5) is 0 Å². The number of carbonyl (C=O) groups excluding carboxylic acids is 1. The van der Waals surface area contributed by atoms with Crippen molar-refractivity contribution in [3.05, 3.63) is 29.3 Å². The van der Waals surface area contributed by atoms with E-state index in [2.05, 4.69) is 11.1 Å². The first-order valence-electron chi connectivity index (χ1n) is 6.67. The zero-order valence-electron chi connectivity index (χ0n) is 10.9.